The van der Waals surface area contributed by atoms with Crippen molar-refractivity contribution < 1.29 is 22.7 Å². The topological polar surface area (TPSA) is 92.8 Å². The molecule has 0 bridgehead atoms. The lowest BCUT2D eigenvalue weighted by atomic mass is 9.99. The zero-order valence-corrected chi connectivity index (χ0v) is 18.7. The van der Waals surface area contributed by atoms with Crippen LogP contribution >= 0.6 is 22.7 Å². The summed E-state index contributed by atoms with van der Waals surface area (Å²) in [6.07, 6.45) is -3.21. The molecule has 5 rings (SSSR count). The standard InChI is InChI=1S/C21H18F3N5O2S2/c22-21(23,24)15-9-32-20(27-15)18-17(12-1-2-13-14(7-12)33-10-26-13)28-16(29-18)8-25-19(30)11-3-5-31-6-4-11/h1-2,7,9-11H,3-6,8H2,(H,25,30)(H,28,29). The molecular weight excluding hydrogens is 475 g/mol. The molecule has 3 aromatic heterocycles. The molecule has 2 N–H and O–H groups in total. The zero-order chi connectivity index (χ0) is 23.0. The van der Waals surface area contributed by atoms with Gasteiger partial charge in [-0.3, -0.25) is 4.79 Å². The first-order chi connectivity index (χ1) is 15.9. The maximum atomic E-state index is 13.1. The quantitative estimate of drug-likeness (QED) is 0.414. The van der Waals surface area contributed by atoms with Gasteiger partial charge in [-0.25, -0.2) is 15.0 Å². The van der Waals surface area contributed by atoms with Crippen LogP contribution in [0.5, 0.6) is 0 Å². The van der Waals surface area contributed by atoms with Gasteiger partial charge in [0.1, 0.15) is 16.5 Å². The molecule has 1 aliphatic rings. The van der Waals surface area contributed by atoms with Crippen molar-refractivity contribution in [3.05, 3.63) is 40.6 Å². The molecule has 1 aromatic carbocycles. The molecule has 0 radical (unpaired) electrons. The van der Waals surface area contributed by atoms with Crippen molar-refractivity contribution in [1.82, 2.24) is 25.3 Å². The van der Waals surface area contributed by atoms with E-state index in [1.54, 1.807) is 5.51 Å². The average molecular weight is 494 g/mol. The molecule has 12 heteroatoms. The third-order valence-corrected chi connectivity index (χ3v) is 7.03. The lowest BCUT2D eigenvalue weighted by Crippen LogP contribution is -2.34. The van der Waals surface area contributed by atoms with Gasteiger partial charge in [0, 0.05) is 30.1 Å². The maximum absolute atomic E-state index is 13.1. The smallest absolute Gasteiger partial charge is 0.381 e. The first kappa shape index (κ1) is 22.0. The molecule has 33 heavy (non-hydrogen) atoms. The number of carbonyl (C=O) groups is 1. The fourth-order valence-electron chi connectivity index (χ4n) is 3.67. The van der Waals surface area contributed by atoms with Crippen LogP contribution in [0.4, 0.5) is 13.2 Å². The predicted octanol–water partition coefficient (Wildman–Crippen LogP) is 4.87. The number of imidazole rings is 1. The molecule has 1 saturated heterocycles. The van der Waals surface area contributed by atoms with E-state index in [0.717, 1.165) is 32.5 Å². The van der Waals surface area contributed by atoms with Crippen molar-refractivity contribution in [3.63, 3.8) is 0 Å². The number of carbonyl (C=O) groups excluding carboxylic acids is 1. The first-order valence-corrected chi connectivity index (χ1v) is 12.0. The van der Waals surface area contributed by atoms with Gasteiger partial charge in [-0.15, -0.1) is 22.7 Å². The third-order valence-electron chi connectivity index (χ3n) is 5.39. The molecule has 0 saturated carbocycles. The van der Waals surface area contributed by atoms with Crippen molar-refractivity contribution in [2.75, 3.05) is 13.2 Å². The number of amides is 1. The van der Waals surface area contributed by atoms with Crippen LogP contribution in [0.2, 0.25) is 0 Å². The number of rotatable bonds is 5. The zero-order valence-electron chi connectivity index (χ0n) is 17.1. The first-order valence-electron chi connectivity index (χ1n) is 10.2. The summed E-state index contributed by atoms with van der Waals surface area (Å²) in [6, 6.07) is 5.59. The molecule has 4 heterocycles. The van der Waals surface area contributed by atoms with E-state index >= 15 is 0 Å². The molecule has 0 unspecified atom stereocenters. The lowest BCUT2D eigenvalue weighted by Gasteiger charge is -2.20. The van der Waals surface area contributed by atoms with Crippen LogP contribution in [0.3, 0.4) is 0 Å². The molecule has 4 aromatic rings. The van der Waals surface area contributed by atoms with E-state index in [1.165, 1.54) is 11.3 Å². The highest BCUT2D eigenvalue weighted by atomic mass is 32.1. The van der Waals surface area contributed by atoms with E-state index in [-0.39, 0.29) is 23.4 Å². The Balaban J connectivity index is 1.47. The van der Waals surface area contributed by atoms with Gasteiger partial charge in [0.2, 0.25) is 5.91 Å². The van der Waals surface area contributed by atoms with Gasteiger partial charge in [0.15, 0.2) is 5.69 Å². The predicted molar refractivity (Wildman–Crippen MR) is 119 cm³/mol. The Bertz CT molecular complexity index is 1290. The van der Waals surface area contributed by atoms with Gasteiger partial charge in [-0.1, -0.05) is 6.07 Å². The van der Waals surface area contributed by atoms with Crippen LogP contribution in [0.15, 0.2) is 29.1 Å². The number of hydrogen-bond acceptors (Lipinski definition) is 7. The van der Waals surface area contributed by atoms with Crippen LogP contribution < -0.4 is 5.32 Å². The number of alkyl halides is 3. The summed E-state index contributed by atoms with van der Waals surface area (Å²) in [5.74, 6) is 0.237. The maximum Gasteiger partial charge on any atom is 0.434 e. The third kappa shape index (κ3) is 4.63. The Morgan fingerprint density at radius 2 is 2.03 bits per heavy atom. The van der Waals surface area contributed by atoms with E-state index in [0.29, 0.717) is 43.3 Å². The lowest BCUT2D eigenvalue weighted by molar-refractivity contribution is -0.140. The molecule has 0 spiro atoms. The average Bonchev–Trinajstić information content (AvgIpc) is 3.56. The molecule has 1 fully saturated rings. The number of aromatic amines is 1. The molecular formula is C21H18F3N5O2S2. The highest BCUT2D eigenvalue weighted by molar-refractivity contribution is 7.16. The number of aromatic nitrogens is 4. The number of nitrogens with one attached hydrogen (secondary N) is 2. The van der Waals surface area contributed by atoms with Crippen LogP contribution in [0, 0.1) is 5.92 Å². The SMILES string of the molecule is O=C(NCc1nc(-c2nc(C(F)(F)F)cs2)c(-c2ccc3ncsc3c2)[nH]1)C1CCOCC1. The monoisotopic (exact) mass is 493 g/mol. The van der Waals surface area contributed by atoms with E-state index < -0.39 is 11.9 Å². The van der Waals surface area contributed by atoms with E-state index in [4.69, 9.17) is 4.74 Å². The van der Waals surface area contributed by atoms with Crippen LogP contribution in [0.1, 0.15) is 24.4 Å². The Labute approximate surface area is 194 Å². The normalized spacial score (nSPS) is 15.2. The largest absolute Gasteiger partial charge is 0.434 e. The van der Waals surface area contributed by atoms with Gasteiger partial charge in [-0.05, 0) is 25.0 Å². The van der Waals surface area contributed by atoms with Gasteiger partial charge in [0.05, 0.1) is 28.0 Å². The summed E-state index contributed by atoms with van der Waals surface area (Å²) >= 11 is 2.35. The van der Waals surface area contributed by atoms with Crippen molar-refractivity contribution >= 4 is 38.8 Å². The molecule has 172 valence electrons. The summed E-state index contributed by atoms with van der Waals surface area (Å²) in [6.45, 7) is 1.24. The number of thiazole rings is 2. The minimum absolute atomic E-state index is 0.0857. The van der Waals surface area contributed by atoms with E-state index in [1.807, 2.05) is 18.2 Å². The minimum Gasteiger partial charge on any atom is -0.381 e. The number of H-pyrrole nitrogens is 1. The van der Waals surface area contributed by atoms with E-state index in [9.17, 15) is 18.0 Å². The second-order valence-electron chi connectivity index (χ2n) is 7.58. The summed E-state index contributed by atoms with van der Waals surface area (Å²) in [7, 11) is 0. The summed E-state index contributed by atoms with van der Waals surface area (Å²) in [5, 5.41) is 4.01. The Morgan fingerprint density at radius 1 is 1.21 bits per heavy atom. The van der Waals surface area contributed by atoms with Crippen LogP contribution in [0.25, 0.3) is 32.2 Å². The summed E-state index contributed by atoms with van der Waals surface area (Å²) in [4.78, 5) is 28.2. The Hall–Kier alpha value is -2.83. The fraction of sp³-hybridized carbons (Fsp3) is 0.333. The van der Waals surface area contributed by atoms with Crippen molar-refractivity contribution in [2.45, 2.75) is 25.6 Å². The van der Waals surface area contributed by atoms with Crippen molar-refractivity contribution in [1.29, 1.82) is 0 Å². The highest BCUT2D eigenvalue weighted by Gasteiger charge is 2.34. The van der Waals surface area contributed by atoms with Crippen LogP contribution in [-0.2, 0) is 22.3 Å². The van der Waals surface area contributed by atoms with Gasteiger partial charge in [0.25, 0.3) is 0 Å². The molecule has 7 nitrogen and oxygen atoms in total. The highest BCUT2D eigenvalue weighted by Crippen LogP contribution is 2.37. The van der Waals surface area contributed by atoms with Crippen LogP contribution in [-0.4, -0.2) is 39.1 Å². The second kappa shape index (κ2) is 8.84. The molecule has 1 aliphatic heterocycles. The molecule has 0 aliphatic carbocycles. The number of ether oxygens (including phenoxy) is 1. The number of hydrogen-bond donors (Lipinski definition) is 2. The number of benzene rings is 1. The summed E-state index contributed by atoms with van der Waals surface area (Å²) < 4.78 is 45.6. The Kier molecular flexibility index (Phi) is 5.89. The van der Waals surface area contributed by atoms with Gasteiger partial charge >= 0.3 is 6.18 Å². The Morgan fingerprint density at radius 3 is 2.79 bits per heavy atom. The summed E-state index contributed by atoms with van der Waals surface area (Å²) in [5.41, 5.74) is 3.22. The minimum atomic E-state index is -4.53. The number of nitrogens with zero attached hydrogens (tertiary/aromatic N) is 3. The number of halogens is 3. The molecule has 0 atom stereocenters. The van der Waals surface area contributed by atoms with Gasteiger partial charge < -0.3 is 15.0 Å². The number of fused-ring (bicyclic) bond motifs is 1. The van der Waals surface area contributed by atoms with Gasteiger partial charge in [-0.2, -0.15) is 13.2 Å². The fourth-order valence-corrected chi connectivity index (χ4v) is 5.20. The van der Waals surface area contributed by atoms with Crippen molar-refractivity contribution in [2.24, 2.45) is 5.92 Å². The van der Waals surface area contributed by atoms with Crippen molar-refractivity contribution in [3.8, 4) is 22.0 Å². The molecule has 1 amide bonds. The van der Waals surface area contributed by atoms with E-state index in [2.05, 4.69) is 25.3 Å². The second-order valence-corrected chi connectivity index (χ2v) is 9.33.